The standard InChI is InChI=1S/C15H18N2O3/c18-14(13-6-3-7-16-13)17-8-10-4-1-2-5-11(10)12(9-17)15(19)20/h1-2,4-5,12-13,16H,3,6-9H2,(H,19,20)/t12?,13-/m0/s1. The molecule has 20 heavy (non-hydrogen) atoms. The molecular weight excluding hydrogens is 256 g/mol. The van der Waals surface area contributed by atoms with Crippen LogP contribution in [0.2, 0.25) is 0 Å². The van der Waals surface area contributed by atoms with Crippen molar-refractivity contribution in [1.29, 1.82) is 0 Å². The zero-order valence-corrected chi connectivity index (χ0v) is 11.2. The molecule has 2 aliphatic heterocycles. The number of hydrogen-bond acceptors (Lipinski definition) is 3. The lowest BCUT2D eigenvalue weighted by molar-refractivity contribution is -0.141. The highest BCUT2D eigenvalue weighted by Gasteiger charge is 2.35. The molecule has 2 heterocycles. The van der Waals surface area contributed by atoms with Gasteiger partial charge in [-0.2, -0.15) is 0 Å². The fraction of sp³-hybridized carbons (Fsp3) is 0.467. The molecule has 0 aromatic heterocycles. The maximum atomic E-state index is 12.4. The number of carboxylic acid groups (broad SMARTS) is 1. The van der Waals surface area contributed by atoms with Gasteiger partial charge in [0, 0.05) is 13.1 Å². The number of hydrogen-bond donors (Lipinski definition) is 2. The minimum atomic E-state index is -0.866. The van der Waals surface area contributed by atoms with Crippen LogP contribution in [0.3, 0.4) is 0 Å². The lowest BCUT2D eigenvalue weighted by Gasteiger charge is -2.34. The van der Waals surface area contributed by atoms with Crippen molar-refractivity contribution in [3.8, 4) is 0 Å². The van der Waals surface area contributed by atoms with Crippen LogP contribution in [0.4, 0.5) is 0 Å². The van der Waals surface area contributed by atoms with Gasteiger partial charge in [0.15, 0.2) is 0 Å². The van der Waals surface area contributed by atoms with Crippen LogP contribution in [0.25, 0.3) is 0 Å². The van der Waals surface area contributed by atoms with Crippen LogP contribution in [0.15, 0.2) is 24.3 Å². The second-order valence-corrected chi connectivity index (χ2v) is 5.46. The molecule has 2 aliphatic rings. The van der Waals surface area contributed by atoms with Gasteiger partial charge in [0.2, 0.25) is 5.91 Å². The molecule has 1 fully saturated rings. The Bertz CT molecular complexity index is 538. The number of fused-ring (bicyclic) bond motifs is 1. The van der Waals surface area contributed by atoms with Crippen molar-refractivity contribution >= 4 is 11.9 Å². The highest BCUT2D eigenvalue weighted by atomic mass is 16.4. The monoisotopic (exact) mass is 274 g/mol. The maximum absolute atomic E-state index is 12.4. The Labute approximate surface area is 117 Å². The van der Waals surface area contributed by atoms with Gasteiger partial charge in [-0.3, -0.25) is 9.59 Å². The topological polar surface area (TPSA) is 69.6 Å². The molecular formula is C15H18N2O3. The van der Waals surface area contributed by atoms with Gasteiger partial charge in [-0.15, -0.1) is 0 Å². The summed E-state index contributed by atoms with van der Waals surface area (Å²) in [6.07, 6.45) is 1.85. The van der Waals surface area contributed by atoms with E-state index in [2.05, 4.69) is 5.32 Å². The van der Waals surface area contributed by atoms with Crippen LogP contribution in [-0.4, -0.2) is 41.0 Å². The van der Waals surface area contributed by atoms with E-state index in [4.69, 9.17) is 0 Å². The van der Waals surface area contributed by atoms with Crippen LogP contribution in [0.5, 0.6) is 0 Å². The van der Waals surface area contributed by atoms with Gasteiger partial charge in [-0.25, -0.2) is 0 Å². The SMILES string of the molecule is O=C(O)C1CN(C(=O)[C@@H]2CCCN2)Cc2ccccc21. The minimum absolute atomic E-state index is 0.0308. The predicted molar refractivity (Wildman–Crippen MR) is 73.3 cm³/mol. The van der Waals surface area contributed by atoms with E-state index in [0.717, 1.165) is 30.5 Å². The van der Waals surface area contributed by atoms with Crippen molar-refractivity contribution in [2.45, 2.75) is 31.3 Å². The molecule has 5 nitrogen and oxygen atoms in total. The number of benzene rings is 1. The van der Waals surface area contributed by atoms with E-state index in [0.29, 0.717) is 6.54 Å². The summed E-state index contributed by atoms with van der Waals surface area (Å²) in [7, 11) is 0. The molecule has 1 aromatic carbocycles. The van der Waals surface area contributed by atoms with E-state index < -0.39 is 11.9 Å². The lowest BCUT2D eigenvalue weighted by Crippen LogP contribution is -2.47. The van der Waals surface area contributed by atoms with Gasteiger partial charge in [0.05, 0.1) is 12.0 Å². The number of carbonyl (C=O) groups excluding carboxylic acids is 1. The highest BCUT2D eigenvalue weighted by molar-refractivity contribution is 5.85. The zero-order chi connectivity index (χ0) is 14.1. The van der Waals surface area contributed by atoms with Crippen molar-refractivity contribution in [2.75, 3.05) is 13.1 Å². The van der Waals surface area contributed by atoms with Crippen molar-refractivity contribution in [2.24, 2.45) is 0 Å². The Balaban J connectivity index is 1.86. The van der Waals surface area contributed by atoms with Crippen LogP contribution >= 0.6 is 0 Å². The second kappa shape index (κ2) is 5.25. The number of rotatable bonds is 2. The molecule has 0 spiro atoms. The van der Waals surface area contributed by atoms with Gasteiger partial charge in [0.1, 0.15) is 0 Å². The molecule has 0 bridgehead atoms. The van der Waals surface area contributed by atoms with Crippen molar-refractivity contribution < 1.29 is 14.7 Å². The van der Waals surface area contributed by atoms with Gasteiger partial charge in [-0.1, -0.05) is 24.3 Å². The molecule has 1 amide bonds. The summed E-state index contributed by atoms with van der Waals surface area (Å²) >= 11 is 0. The Morgan fingerprint density at radius 1 is 1.30 bits per heavy atom. The molecule has 1 aromatic rings. The van der Waals surface area contributed by atoms with Gasteiger partial charge in [0.25, 0.3) is 0 Å². The minimum Gasteiger partial charge on any atom is -0.481 e. The first-order chi connectivity index (χ1) is 9.66. The van der Waals surface area contributed by atoms with E-state index in [9.17, 15) is 14.7 Å². The number of nitrogens with one attached hydrogen (secondary N) is 1. The Morgan fingerprint density at radius 3 is 2.80 bits per heavy atom. The Morgan fingerprint density at radius 2 is 2.10 bits per heavy atom. The fourth-order valence-electron chi connectivity index (χ4n) is 3.10. The summed E-state index contributed by atoms with van der Waals surface area (Å²) in [6, 6.07) is 7.36. The first-order valence-corrected chi connectivity index (χ1v) is 6.99. The molecule has 3 rings (SSSR count). The average Bonchev–Trinajstić information content (AvgIpc) is 2.99. The number of carbonyl (C=O) groups is 2. The second-order valence-electron chi connectivity index (χ2n) is 5.46. The quantitative estimate of drug-likeness (QED) is 0.842. The van der Waals surface area contributed by atoms with Gasteiger partial charge in [-0.05, 0) is 30.5 Å². The third kappa shape index (κ3) is 2.29. The fourth-order valence-corrected chi connectivity index (χ4v) is 3.10. The van der Waals surface area contributed by atoms with Gasteiger partial charge >= 0.3 is 5.97 Å². The molecule has 1 saturated heterocycles. The van der Waals surface area contributed by atoms with Crippen LogP contribution in [0, 0.1) is 0 Å². The van der Waals surface area contributed by atoms with Crippen molar-refractivity contribution in [3.05, 3.63) is 35.4 Å². The zero-order valence-electron chi connectivity index (χ0n) is 11.2. The molecule has 5 heteroatoms. The van der Waals surface area contributed by atoms with Gasteiger partial charge < -0.3 is 15.3 Å². The normalized spacial score (nSPS) is 25.3. The van der Waals surface area contributed by atoms with Crippen LogP contribution < -0.4 is 5.32 Å². The van der Waals surface area contributed by atoms with E-state index >= 15 is 0 Å². The molecule has 0 radical (unpaired) electrons. The first-order valence-electron chi connectivity index (χ1n) is 6.99. The number of amides is 1. The number of nitrogens with zero attached hydrogens (tertiary/aromatic N) is 1. The largest absolute Gasteiger partial charge is 0.481 e. The number of carboxylic acids is 1. The molecule has 106 valence electrons. The van der Waals surface area contributed by atoms with Crippen molar-refractivity contribution in [3.63, 3.8) is 0 Å². The Hall–Kier alpha value is -1.88. The summed E-state index contributed by atoms with van der Waals surface area (Å²) in [6.45, 7) is 1.64. The first kappa shape index (κ1) is 13.1. The summed E-state index contributed by atoms with van der Waals surface area (Å²) in [5.41, 5.74) is 1.78. The predicted octanol–water partition coefficient (Wildman–Crippen LogP) is 0.949. The Kier molecular flexibility index (Phi) is 3.44. The van der Waals surface area contributed by atoms with Crippen molar-refractivity contribution in [1.82, 2.24) is 10.2 Å². The molecule has 0 saturated carbocycles. The molecule has 2 N–H and O–H groups in total. The maximum Gasteiger partial charge on any atom is 0.312 e. The van der Waals surface area contributed by atoms with E-state index in [1.54, 1.807) is 4.90 Å². The summed E-state index contributed by atoms with van der Waals surface area (Å²) in [5.74, 6) is -1.46. The summed E-state index contributed by atoms with van der Waals surface area (Å²) in [4.78, 5) is 25.6. The summed E-state index contributed by atoms with van der Waals surface area (Å²) in [5, 5.41) is 12.6. The van der Waals surface area contributed by atoms with E-state index in [1.165, 1.54) is 0 Å². The smallest absolute Gasteiger partial charge is 0.312 e. The third-order valence-corrected chi connectivity index (χ3v) is 4.16. The average molecular weight is 274 g/mol. The summed E-state index contributed by atoms with van der Waals surface area (Å²) < 4.78 is 0. The van der Waals surface area contributed by atoms with Crippen LogP contribution in [0.1, 0.15) is 29.9 Å². The van der Waals surface area contributed by atoms with Crippen LogP contribution in [-0.2, 0) is 16.1 Å². The molecule has 2 atom stereocenters. The molecule has 1 unspecified atom stereocenters. The number of aliphatic carboxylic acids is 1. The molecule has 0 aliphatic carbocycles. The van der Waals surface area contributed by atoms with E-state index in [1.807, 2.05) is 24.3 Å². The lowest BCUT2D eigenvalue weighted by atomic mass is 9.89. The van der Waals surface area contributed by atoms with E-state index in [-0.39, 0.29) is 18.5 Å². The highest BCUT2D eigenvalue weighted by Crippen LogP contribution is 2.29. The third-order valence-electron chi connectivity index (χ3n) is 4.16.